The number of aliphatic hydroxyl groups is 1. The Morgan fingerprint density at radius 3 is 2.65 bits per heavy atom. The molecule has 2 fully saturated rings. The highest BCUT2D eigenvalue weighted by Crippen LogP contribution is 2.63. The molecule has 2 saturated carbocycles. The number of cyclic esters (lactones) is 1. The summed E-state index contributed by atoms with van der Waals surface area (Å²) in [6.07, 6.45) is 9.06. The second kappa shape index (κ2) is 5.61. The average Bonchev–Trinajstić information content (AvgIpc) is 2.87. The maximum atomic E-state index is 11.8. The highest BCUT2D eigenvalue weighted by atomic mass is 16.5. The van der Waals surface area contributed by atoms with E-state index < -0.39 is 5.60 Å². The number of hydrogen-bond donors (Lipinski definition) is 1. The van der Waals surface area contributed by atoms with Crippen LogP contribution in [0.15, 0.2) is 11.6 Å². The second-order valence-corrected chi connectivity index (χ2v) is 9.04. The summed E-state index contributed by atoms with van der Waals surface area (Å²) in [5, 5.41) is 11.8. The topological polar surface area (TPSA) is 46.5 Å². The average molecular weight is 320 g/mol. The van der Waals surface area contributed by atoms with Gasteiger partial charge in [0.15, 0.2) is 0 Å². The first-order valence-electron chi connectivity index (χ1n) is 9.29. The van der Waals surface area contributed by atoms with Crippen molar-refractivity contribution in [2.24, 2.45) is 22.7 Å². The minimum Gasteiger partial charge on any atom is -0.458 e. The summed E-state index contributed by atoms with van der Waals surface area (Å²) in [6, 6.07) is 0. The molecular formula is C20H32O3. The molecule has 3 nitrogen and oxygen atoms in total. The van der Waals surface area contributed by atoms with E-state index in [1.807, 2.05) is 6.08 Å². The smallest absolute Gasteiger partial charge is 0.334 e. The molecule has 0 saturated heterocycles. The molecule has 23 heavy (non-hydrogen) atoms. The maximum Gasteiger partial charge on any atom is 0.334 e. The van der Waals surface area contributed by atoms with Crippen LogP contribution in [0.3, 0.4) is 0 Å². The number of carbonyl (C=O) groups excluding carboxylic acids is 1. The van der Waals surface area contributed by atoms with Gasteiger partial charge in [-0.25, -0.2) is 4.79 Å². The van der Waals surface area contributed by atoms with Gasteiger partial charge in [0.05, 0.1) is 5.60 Å². The number of rotatable bonds is 3. The molecule has 1 heterocycles. The van der Waals surface area contributed by atoms with Crippen molar-refractivity contribution in [2.45, 2.75) is 78.2 Å². The molecule has 0 aromatic heterocycles. The van der Waals surface area contributed by atoms with E-state index in [4.69, 9.17) is 4.74 Å². The Balaban J connectivity index is 1.86. The van der Waals surface area contributed by atoms with Crippen LogP contribution in [-0.2, 0) is 9.53 Å². The van der Waals surface area contributed by atoms with Gasteiger partial charge in [-0.05, 0) is 67.3 Å². The largest absolute Gasteiger partial charge is 0.458 e. The van der Waals surface area contributed by atoms with Crippen LogP contribution >= 0.6 is 0 Å². The van der Waals surface area contributed by atoms with Gasteiger partial charge in [0.1, 0.15) is 6.61 Å². The highest BCUT2D eigenvalue weighted by molar-refractivity contribution is 5.90. The van der Waals surface area contributed by atoms with Crippen molar-refractivity contribution in [3.63, 3.8) is 0 Å². The lowest BCUT2D eigenvalue weighted by Gasteiger charge is -2.63. The summed E-state index contributed by atoms with van der Waals surface area (Å²) in [4.78, 5) is 11.7. The Labute approximate surface area is 140 Å². The highest BCUT2D eigenvalue weighted by Gasteiger charge is 2.60. The van der Waals surface area contributed by atoms with Crippen LogP contribution in [0.4, 0.5) is 0 Å². The number of carbonyl (C=O) groups is 1. The Kier molecular flexibility index (Phi) is 4.15. The summed E-state index contributed by atoms with van der Waals surface area (Å²) < 4.78 is 5.02. The predicted molar refractivity (Wildman–Crippen MR) is 90.9 cm³/mol. The van der Waals surface area contributed by atoms with Crippen LogP contribution in [0.25, 0.3) is 0 Å². The molecule has 0 aromatic carbocycles. The van der Waals surface area contributed by atoms with Crippen molar-refractivity contribution < 1.29 is 14.6 Å². The molecule has 3 heteroatoms. The lowest BCUT2D eigenvalue weighted by atomic mass is 9.44. The lowest BCUT2D eigenvalue weighted by molar-refractivity contribution is -0.211. The van der Waals surface area contributed by atoms with Gasteiger partial charge in [-0.15, -0.1) is 0 Å². The van der Waals surface area contributed by atoms with Crippen LogP contribution in [0, 0.1) is 22.7 Å². The van der Waals surface area contributed by atoms with Crippen molar-refractivity contribution in [1.29, 1.82) is 0 Å². The van der Waals surface area contributed by atoms with E-state index in [0.717, 1.165) is 18.4 Å². The molecule has 0 amide bonds. The SMILES string of the molecule is CC1CCC2C(C)(C)CCCC2(C)C1(O)CCC1=CCOC1=O. The summed E-state index contributed by atoms with van der Waals surface area (Å²) in [7, 11) is 0. The molecule has 0 aromatic rings. The minimum absolute atomic E-state index is 0.0461. The third-order valence-electron chi connectivity index (χ3n) is 7.50. The second-order valence-electron chi connectivity index (χ2n) is 9.04. The van der Waals surface area contributed by atoms with E-state index >= 15 is 0 Å². The standard InChI is InChI=1S/C20H32O3/c1-14-6-7-16-18(2,3)10-5-11-19(16,4)20(14,22)12-8-15-9-13-23-17(15)21/h9,14,16,22H,5-8,10-13H2,1-4H3. The van der Waals surface area contributed by atoms with Crippen molar-refractivity contribution in [3.05, 3.63) is 11.6 Å². The molecule has 3 aliphatic rings. The molecule has 1 aliphatic heterocycles. The summed E-state index contributed by atoms with van der Waals surface area (Å²) in [5.74, 6) is 0.660. The minimum atomic E-state index is -0.683. The van der Waals surface area contributed by atoms with Gasteiger partial charge >= 0.3 is 5.97 Å². The first-order chi connectivity index (χ1) is 10.7. The monoisotopic (exact) mass is 320 g/mol. The van der Waals surface area contributed by atoms with Crippen molar-refractivity contribution in [1.82, 2.24) is 0 Å². The van der Waals surface area contributed by atoms with E-state index in [9.17, 15) is 9.90 Å². The predicted octanol–water partition coefficient (Wildman–Crippen LogP) is 4.24. The fourth-order valence-electron chi connectivity index (χ4n) is 6.02. The summed E-state index contributed by atoms with van der Waals surface area (Å²) in [6.45, 7) is 9.67. The molecule has 0 bridgehead atoms. The maximum absolute atomic E-state index is 11.8. The number of ether oxygens (including phenoxy) is 1. The van der Waals surface area contributed by atoms with Crippen molar-refractivity contribution in [2.75, 3.05) is 6.61 Å². The Bertz CT molecular complexity index is 521. The van der Waals surface area contributed by atoms with Gasteiger partial charge in [-0.2, -0.15) is 0 Å². The van der Waals surface area contributed by atoms with Gasteiger partial charge in [0, 0.05) is 5.57 Å². The number of esters is 1. The normalized spacial score (nSPS) is 42.8. The van der Waals surface area contributed by atoms with Crippen LogP contribution in [0.5, 0.6) is 0 Å². The lowest BCUT2D eigenvalue weighted by Crippen LogP contribution is -2.62. The van der Waals surface area contributed by atoms with Gasteiger partial charge in [-0.1, -0.05) is 34.1 Å². The van der Waals surface area contributed by atoms with Gasteiger partial charge < -0.3 is 9.84 Å². The van der Waals surface area contributed by atoms with Crippen LogP contribution < -0.4 is 0 Å². The molecule has 0 radical (unpaired) electrons. The first kappa shape index (κ1) is 17.0. The van der Waals surface area contributed by atoms with Gasteiger partial charge in [0.25, 0.3) is 0 Å². The molecule has 0 spiro atoms. The Morgan fingerprint density at radius 1 is 1.26 bits per heavy atom. The van der Waals surface area contributed by atoms with E-state index in [2.05, 4.69) is 27.7 Å². The third-order valence-corrected chi connectivity index (χ3v) is 7.50. The van der Waals surface area contributed by atoms with E-state index in [0.29, 0.717) is 30.8 Å². The Morgan fingerprint density at radius 2 is 2.00 bits per heavy atom. The molecule has 4 atom stereocenters. The molecule has 3 rings (SSSR count). The quantitative estimate of drug-likeness (QED) is 0.791. The van der Waals surface area contributed by atoms with Crippen LogP contribution in [-0.4, -0.2) is 23.3 Å². The molecular weight excluding hydrogens is 288 g/mol. The Hall–Kier alpha value is -0.830. The molecule has 1 N–H and O–H groups in total. The fraction of sp³-hybridized carbons (Fsp3) is 0.850. The molecule has 2 aliphatic carbocycles. The van der Waals surface area contributed by atoms with E-state index in [1.54, 1.807) is 0 Å². The zero-order chi connectivity index (χ0) is 16.9. The fourth-order valence-corrected chi connectivity index (χ4v) is 6.02. The van der Waals surface area contributed by atoms with E-state index in [-0.39, 0.29) is 17.3 Å². The van der Waals surface area contributed by atoms with Gasteiger partial charge in [0.2, 0.25) is 0 Å². The zero-order valence-corrected chi connectivity index (χ0v) is 15.2. The summed E-state index contributed by atoms with van der Waals surface area (Å²) in [5.41, 5.74) is 0.325. The van der Waals surface area contributed by atoms with Gasteiger partial charge in [-0.3, -0.25) is 0 Å². The summed E-state index contributed by atoms with van der Waals surface area (Å²) >= 11 is 0. The van der Waals surface area contributed by atoms with E-state index in [1.165, 1.54) is 19.3 Å². The third kappa shape index (κ3) is 2.56. The van der Waals surface area contributed by atoms with Crippen molar-refractivity contribution in [3.8, 4) is 0 Å². The molecule has 4 unspecified atom stereocenters. The van der Waals surface area contributed by atoms with Crippen LogP contribution in [0.1, 0.15) is 72.6 Å². The van der Waals surface area contributed by atoms with Crippen LogP contribution in [0.2, 0.25) is 0 Å². The zero-order valence-electron chi connectivity index (χ0n) is 15.2. The number of hydrogen-bond acceptors (Lipinski definition) is 3. The van der Waals surface area contributed by atoms with Crippen molar-refractivity contribution >= 4 is 5.97 Å². The first-order valence-corrected chi connectivity index (χ1v) is 9.29. The number of fused-ring (bicyclic) bond motifs is 1. The molecule has 130 valence electrons.